The molecule has 1 amide bonds. The average Bonchev–Trinajstić information content (AvgIpc) is 3.17. The van der Waals surface area contributed by atoms with Crippen LogP contribution in [0.5, 0.6) is 5.75 Å². The van der Waals surface area contributed by atoms with Crippen molar-refractivity contribution in [3.05, 3.63) is 71.4 Å². The highest BCUT2D eigenvalue weighted by Gasteiger charge is 2.13. The number of amides is 1. The summed E-state index contributed by atoms with van der Waals surface area (Å²) in [6, 6.07) is 17.2. The number of H-pyrrole nitrogens is 1. The van der Waals surface area contributed by atoms with Crippen LogP contribution in [0.1, 0.15) is 35.5 Å². The number of rotatable bonds is 6. The van der Waals surface area contributed by atoms with Gasteiger partial charge in [0.05, 0.1) is 18.0 Å². The van der Waals surface area contributed by atoms with E-state index in [1.807, 2.05) is 69.3 Å². The lowest BCUT2D eigenvalue weighted by Crippen LogP contribution is -2.19. The van der Waals surface area contributed by atoms with E-state index in [2.05, 4.69) is 20.7 Å². The first kappa shape index (κ1) is 18.4. The van der Waals surface area contributed by atoms with Crippen molar-refractivity contribution in [2.75, 3.05) is 6.61 Å². The number of ether oxygens (including phenoxy) is 1. The molecule has 0 saturated carbocycles. The summed E-state index contributed by atoms with van der Waals surface area (Å²) in [6.45, 7) is 6.36. The molecule has 0 atom stereocenters. The molecule has 0 saturated heterocycles. The van der Waals surface area contributed by atoms with Crippen molar-refractivity contribution >= 4 is 11.6 Å². The molecule has 1 heterocycles. The predicted octanol–water partition coefficient (Wildman–Crippen LogP) is 3.94. The van der Waals surface area contributed by atoms with Gasteiger partial charge in [0.1, 0.15) is 11.4 Å². The molecule has 2 aromatic carbocycles. The highest BCUT2D eigenvalue weighted by atomic mass is 16.5. The molecular weight excluding hydrogens is 340 g/mol. The van der Waals surface area contributed by atoms with E-state index in [0.717, 1.165) is 22.6 Å². The minimum absolute atomic E-state index is 0.330. The van der Waals surface area contributed by atoms with Crippen molar-refractivity contribution in [3.63, 3.8) is 0 Å². The van der Waals surface area contributed by atoms with E-state index in [9.17, 15) is 4.79 Å². The fraction of sp³-hybridized carbons (Fsp3) is 0.190. The van der Waals surface area contributed by atoms with Crippen LogP contribution in [-0.4, -0.2) is 28.4 Å². The van der Waals surface area contributed by atoms with Crippen LogP contribution in [0.2, 0.25) is 0 Å². The Bertz CT molecular complexity index is 958. The molecule has 3 aromatic rings. The van der Waals surface area contributed by atoms with E-state index in [0.29, 0.717) is 18.0 Å². The zero-order chi connectivity index (χ0) is 19.2. The van der Waals surface area contributed by atoms with Crippen molar-refractivity contribution in [2.45, 2.75) is 20.8 Å². The largest absolute Gasteiger partial charge is 0.493 e. The van der Waals surface area contributed by atoms with Gasteiger partial charge in [-0.3, -0.25) is 9.89 Å². The number of carbonyl (C=O) groups excluding carboxylic acids is 1. The molecule has 2 N–H and O–H groups in total. The number of nitrogens with one attached hydrogen (secondary N) is 2. The van der Waals surface area contributed by atoms with Crippen LogP contribution in [0.4, 0.5) is 0 Å². The summed E-state index contributed by atoms with van der Waals surface area (Å²) in [4.78, 5) is 12.4. The Hall–Kier alpha value is -3.41. The Labute approximate surface area is 158 Å². The molecule has 0 aliphatic rings. The highest BCUT2D eigenvalue weighted by Crippen LogP contribution is 2.28. The van der Waals surface area contributed by atoms with Crippen LogP contribution < -0.4 is 10.2 Å². The van der Waals surface area contributed by atoms with Gasteiger partial charge in [-0.1, -0.05) is 42.0 Å². The molecule has 6 heteroatoms. The van der Waals surface area contributed by atoms with Gasteiger partial charge < -0.3 is 4.74 Å². The molecule has 0 spiro atoms. The number of para-hydroxylation sites is 1. The summed E-state index contributed by atoms with van der Waals surface area (Å²) in [5.74, 6) is 0.376. The van der Waals surface area contributed by atoms with Gasteiger partial charge in [-0.15, -0.1) is 0 Å². The molecule has 0 bridgehead atoms. The van der Waals surface area contributed by atoms with E-state index >= 15 is 0 Å². The molecule has 0 radical (unpaired) electrons. The lowest BCUT2D eigenvalue weighted by Gasteiger charge is -2.07. The van der Waals surface area contributed by atoms with E-state index in [1.54, 1.807) is 6.07 Å². The quantitative estimate of drug-likeness (QED) is 0.515. The Morgan fingerprint density at radius 1 is 1.19 bits per heavy atom. The van der Waals surface area contributed by atoms with Crippen LogP contribution in [-0.2, 0) is 0 Å². The number of hydrogen-bond donors (Lipinski definition) is 2. The first-order chi connectivity index (χ1) is 13.1. The van der Waals surface area contributed by atoms with E-state index in [-0.39, 0.29) is 5.91 Å². The monoisotopic (exact) mass is 362 g/mol. The normalized spacial score (nSPS) is 11.3. The number of hydrogen-bond acceptors (Lipinski definition) is 4. The summed E-state index contributed by atoms with van der Waals surface area (Å²) in [7, 11) is 0. The minimum Gasteiger partial charge on any atom is -0.493 e. The van der Waals surface area contributed by atoms with Gasteiger partial charge in [-0.2, -0.15) is 10.2 Å². The maximum Gasteiger partial charge on any atom is 0.289 e. The Kier molecular flexibility index (Phi) is 5.66. The molecule has 138 valence electrons. The second kappa shape index (κ2) is 8.31. The average molecular weight is 362 g/mol. The summed E-state index contributed by atoms with van der Waals surface area (Å²) in [5.41, 5.74) is 7.22. The predicted molar refractivity (Wildman–Crippen MR) is 106 cm³/mol. The SMILES string of the molecule is CCOc1ccccc1-c1cc(C(=O)NN=C(C)c2ccc(C)cc2)[nH]n1. The van der Waals surface area contributed by atoms with Crippen LogP contribution in [0.15, 0.2) is 59.7 Å². The third kappa shape index (κ3) is 4.41. The van der Waals surface area contributed by atoms with Gasteiger partial charge in [-0.25, -0.2) is 5.43 Å². The lowest BCUT2D eigenvalue weighted by molar-refractivity contribution is 0.0950. The molecule has 0 aliphatic carbocycles. The van der Waals surface area contributed by atoms with E-state index in [4.69, 9.17) is 4.74 Å². The summed E-state index contributed by atoms with van der Waals surface area (Å²) < 4.78 is 5.62. The van der Waals surface area contributed by atoms with Crippen molar-refractivity contribution in [3.8, 4) is 17.0 Å². The second-order valence-electron chi connectivity index (χ2n) is 6.10. The number of hydrazone groups is 1. The van der Waals surface area contributed by atoms with Crippen molar-refractivity contribution in [1.29, 1.82) is 0 Å². The third-order valence-corrected chi connectivity index (χ3v) is 4.08. The van der Waals surface area contributed by atoms with Gasteiger partial charge in [0.2, 0.25) is 0 Å². The van der Waals surface area contributed by atoms with E-state index in [1.165, 1.54) is 5.56 Å². The summed E-state index contributed by atoms with van der Waals surface area (Å²) >= 11 is 0. The van der Waals surface area contributed by atoms with Crippen LogP contribution >= 0.6 is 0 Å². The maximum absolute atomic E-state index is 12.4. The first-order valence-corrected chi connectivity index (χ1v) is 8.77. The zero-order valence-corrected chi connectivity index (χ0v) is 15.6. The molecule has 1 aromatic heterocycles. The summed E-state index contributed by atoms with van der Waals surface area (Å²) in [5, 5.41) is 11.2. The van der Waals surface area contributed by atoms with Crippen LogP contribution in [0.25, 0.3) is 11.3 Å². The van der Waals surface area contributed by atoms with Crippen molar-refractivity contribution in [2.24, 2.45) is 5.10 Å². The van der Waals surface area contributed by atoms with Crippen LogP contribution in [0.3, 0.4) is 0 Å². The van der Waals surface area contributed by atoms with Crippen LogP contribution in [0, 0.1) is 6.92 Å². The third-order valence-electron chi connectivity index (χ3n) is 4.08. The number of carbonyl (C=O) groups is 1. The maximum atomic E-state index is 12.4. The standard InChI is InChI=1S/C21H22N4O2/c1-4-27-20-8-6-5-7-17(20)18-13-19(24-23-18)21(26)25-22-15(3)16-11-9-14(2)10-12-16/h5-13H,4H2,1-3H3,(H,23,24)(H,25,26). The van der Waals surface area contributed by atoms with Gasteiger partial charge in [0.25, 0.3) is 5.91 Å². The smallest absolute Gasteiger partial charge is 0.289 e. The fourth-order valence-corrected chi connectivity index (χ4v) is 2.59. The molecule has 27 heavy (non-hydrogen) atoms. The number of aromatic amines is 1. The van der Waals surface area contributed by atoms with Crippen molar-refractivity contribution < 1.29 is 9.53 Å². The first-order valence-electron chi connectivity index (χ1n) is 8.77. The Morgan fingerprint density at radius 2 is 1.93 bits per heavy atom. The number of nitrogens with zero attached hydrogens (tertiary/aromatic N) is 2. The van der Waals surface area contributed by atoms with Gasteiger partial charge in [0.15, 0.2) is 0 Å². The molecule has 6 nitrogen and oxygen atoms in total. The Morgan fingerprint density at radius 3 is 2.67 bits per heavy atom. The fourth-order valence-electron chi connectivity index (χ4n) is 2.59. The highest BCUT2D eigenvalue weighted by molar-refractivity contribution is 6.00. The topological polar surface area (TPSA) is 79.4 Å². The van der Waals surface area contributed by atoms with Gasteiger partial charge in [-0.05, 0) is 44.5 Å². The summed E-state index contributed by atoms with van der Waals surface area (Å²) in [6.07, 6.45) is 0. The molecule has 0 aliphatic heterocycles. The Balaban J connectivity index is 1.74. The van der Waals surface area contributed by atoms with Gasteiger partial charge in [0, 0.05) is 5.56 Å². The number of aryl methyl sites for hydroxylation is 1. The van der Waals surface area contributed by atoms with E-state index < -0.39 is 0 Å². The van der Waals surface area contributed by atoms with Crippen molar-refractivity contribution in [1.82, 2.24) is 15.6 Å². The number of aromatic nitrogens is 2. The second-order valence-corrected chi connectivity index (χ2v) is 6.10. The number of benzene rings is 2. The molecule has 0 fully saturated rings. The molecule has 0 unspecified atom stereocenters. The van der Waals surface area contributed by atoms with Gasteiger partial charge >= 0.3 is 0 Å². The molecule has 3 rings (SSSR count). The molecular formula is C21H22N4O2. The zero-order valence-electron chi connectivity index (χ0n) is 15.6. The lowest BCUT2D eigenvalue weighted by atomic mass is 10.1. The minimum atomic E-state index is -0.353.